The van der Waals surface area contributed by atoms with Crippen LogP contribution in [0.2, 0.25) is 0 Å². The van der Waals surface area contributed by atoms with Gasteiger partial charge in [-0.2, -0.15) is 5.26 Å². The summed E-state index contributed by atoms with van der Waals surface area (Å²) in [6, 6.07) is 3.99. The highest BCUT2D eigenvalue weighted by Gasteiger charge is 1.90. The lowest BCUT2D eigenvalue weighted by Crippen LogP contribution is -1.80. The number of nitrogens with zero attached hydrogens (tertiary/aromatic N) is 2. The van der Waals surface area contributed by atoms with Crippen molar-refractivity contribution < 1.29 is 0 Å². The van der Waals surface area contributed by atoms with Crippen LogP contribution in [0.4, 0.5) is 0 Å². The standard InChI is InChI=1S/C10H10N2/c1-9-8-12-7-5-10(9)4-2-3-6-11/h2,4-5,7-8H,3H2,1H3. The van der Waals surface area contributed by atoms with Gasteiger partial charge in [-0.05, 0) is 24.1 Å². The fraction of sp³-hybridized carbons (Fsp3) is 0.200. The maximum Gasteiger partial charge on any atom is 0.0663 e. The van der Waals surface area contributed by atoms with Crippen molar-refractivity contribution in [3.05, 3.63) is 35.7 Å². The Morgan fingerprint density at radius 2 is 2.50 bits per heavy atom. The second-order valence-electron chi connectivity index (χ2n) is 2.50. The number of aromatic nitrogens is 1. The van der Waals surface area contributed by atoms with Gasteiger partial charge < -0.3 is 0 Å². The van der Waals surface area contributed by atoms with Crippen LogP contribution in [-0.2, 0) is 0 Å². The van der Waals surface area contributed by atoms with Crippen LogP contribution in [0.3, 0.4) is 0 Å². The van der Waals surface area contributed by atoms with E-state index >= 15 is 0 Å². The molecule has 1 heterocycles. The van der Waals surface area contributed by atoms with Crippen molar-refractivity contribution in [1.29, 1.82) is 5.26 Å². The quantitative estimate of drug-likeness (QED) is 0.662. The number of pyridine rings is 1. The third-order valence-corrected chi connectivity index (χ3v) is 1.57. The molecule has 1 rings (SSSR count). The summed E-state index contributed by atoms with van der Waals surface area (Å²) in [6.45, 7) is 2.00. The lowest BCUT2D eigenvalue weighted by atomic mass is 10.1. The van der Waals surface area contributed by atoms with Gasteiger partial charge >= 0.3 is 0 Å². The summed E-state index contributed by atoms with van der Waals surface area (Å²) in [5.74, 6) is 0. The largest absolute Gasteiger partial charge is 0.264 e. The van der Waals surface area contributed by atoms with E-state index in [4.69, 9.17) is 5.26 Å². The summed E-state index contributed by atoms with van der Waals surface area (Å²) >= 11 is 0. The van der Waals surface area contributed by atoms with Gasteiger partial charge in [0, 0.05) is 12.4 Å². The fourth-order valence-corrected chi connectivity index (χ4v) is 0.910. The van der Waals surface area contributed by atoms with E-state index in [1.165, 1.54) is 0 Å². The van der Waals surface area contributed by atoms with Gasteiger partial charge in [-0.15, -0.1) is 0 Å². The van der Waals surface area contributed by atoms with Crippen LogP contribution in [0.5, 0.6) is 0 Å². The Hall–Kier alpha value is -1.62. The minimum absolute atomic E-state index is 0.460. The minimum Gasteiger partial charge on any atom is -0.264 e. The average Bonchev–Trinajstić information content (AvgIpc) is 2.09. The van der Waals surface area contributed by atoms with Crippen LogP contribution in [0, 0.1) is 18.3 Å². The topological polar surface area (TPSA) is 36.7 Å². The number of rotatable bonds is 2. The Morgan fingerprint density at radius 1 is 1.67 bits per heavy atom. The zero-order valence-electron chi connectivity index (χ0n) is 6.99. The normalized spacial score (nSPS) is 10.0. The summed E-state index contributed by atoms with van der Waals surface area (Å²) in [7, 11) is 0. The van der Waals surface area contributed by atoms with Crippen molar-refractivity contribution in [2.24, 2.45) is 0 Å². The van der Waals surface area contributed by atoms with Crippen molar-refractivity contribution in [3.8, 4) is 6.07 Å². The third kappa shape index (κ3) is 2.21. The van der Waals surface area contributed by atoms with E-state index in [2.05, 4.69) is 11.1 Å². The maximum absolute atomic E-state index is 8.30. The molecule has 0 unspecified atom stereocenters. The van der Waals surface area contributed by atoms with Gasteiger partial charge in [-0.25, -0.2) is 0 Å². The molecule has 0 fully saturated rings. The van der Waals surface area contributed by atoms with Crippen LogP contribution in [0.25, 0.3) is 6.08 Å². The summed E-state index contributed by atoms with van der Waals surface area (Å²) < 4.78 is 0. The SMILES string of the molecule is Cc1cnccc1C=CCC#N. The lowest BCUT2D eigenvalue weighted by molar-refractivity contribution is 1.25. The van der Waals surface area contributed by atoms with E-state index in [9.17, 15) is 0 Å². The van der Waals surface area contributed by atoms with Gasteiger partial charge in [0.15, 0.2) is 0 Å². The van der Waals surface area contributed by atoms with Crippen molar-refractivity contribution in [1.82, 2.24) is 4.98 Å². The van der Waals surface area contributed by atoms with E-state index in [1.807, 2.05) is 31.3 Å². The van der Waals surface area contributed by atoms with Crippen LogP contribution in [0.1, 0.15) is 17.5 Å². The van der Waals surface area contributed by atoms with E-state index in [0.717, 1.165) is 11.1 Å². The number of hydrogen-bond acceptors (Lipinski definition) is 2. The molecule has 0 spiro atoms. The Kier molecular flexibility index (Phi) is 3.04. The first-order valence-corrected chi connectivity index (χ1v) is 3.78. The third-order valence-electron chi connectivity index (χ3n) is 1.57. The highest BCUT2D eigenvalue weighted by atomic mass is 14.6. The molecule has 0 aliphatic rings. The van der Waals surface area contributed by atoms with Crippen molar-refractivity contribution in [3.63, 3.8) is 0 Å². The second kappa shape index (κ2) is 4.30. The first kappa shape index (κ1) is 8.48. The number of aryl methyl sites for hydroxylation is 1. The number of nitriles is 1. The Bertz CT molecular complexity index is 321. The molecule has 0 saturated heterocycles. The van der Waals surface area contributed by atoms with Gasteiger partial charge in [0.2, 0.25) is 0 Å². The molecule has 0 aliphatic carbocycles. The van der Waals surface area contributed by atoms with E-state index < -0.39 is 0 Å². The molecular weight excluding hydrogens is 148 g/mol. The van der Waals surface area contributed by atoms with Gasteiger partial charge in [-0.3, -0.25) is 4.98 Å². The fourth-order valence-electron chi connectivity index (χ4n) is 0.910. The average molecular weight is 158 g/mol. The van der Waals surface area contributed by atoms with Crippen molar-refractivity contribution in [2.75, 3.05) is 0 Å². The lowest BCUT2D eigenvalue weighted by Gasteiger charge is -1.95. The highest BCUT2D eigenvalue weighted by Crippen LogP contribution is 2.06. The smallest absolute Gasteiger partial charge is 0.0663 e. The van der Waals surface area contributed by atoms with Gasteiger partial charge in [0.05, 0.1) is 12.5 Å². The molecule has 0 amide bonds. The summed E-state index contributed by atoms with van der Waals surface area (Å²) in [4.78, 5) is 3.97. The molecule has 0 aliphatic heterocycles. The van der Waals surface area contributed by atoms with Gasteiger partial charge in [-0.1, -0.05) is 12.2 Å². The molecule has 60 valence electrons. The molecule has 1 aromatic rings. The molecule has 2 nitrogen and oxygen atoms in total. The Balaban J connectivity index is 2.77. The van der Waals surface area contributed by atoms with Crippen LogP contribution < -0.4 is 0 Å². The Morgan fingerprint density at radius 3 is 3.17 bits per heavy atom. The van der Waals surface area contributed by atoms with Crippen molar-refractivity contribution in [2.45, 2.75) is 13.3 Å². The second-order valence-corrected chi connectivity index (χ2v) is 2.50. The molecule has 0 bridgehead atoms. The molecule has 0 aromatic carbocycles. The molecule has 0 saturated carbocycles. The first-order valence-electron chi connectivity index (χ1n) is 3.78. The maximum atomic E-state index is 8.30. The summed E-state index contributed by atoms with van der Waals surface area (Å²) in [5.41, 5.74) is 2.26. The van der Waals surface area contributed by atoms with Crippen LogP contribution >= 0.6 is 0 Å². The summed E-state index contributed by atoms with van der Waals surface area (Å²) in [6.07, 6.45) is 7.81. The number of hydrogen-bond donors (Lipinski definition) is 0. The van der Waals surface area contributed by atoms with E-state index in [-0.39, 0.29) is 0 Å². The number of allylic oxidation sites excluding steroid dienone is 1. The highest BCUT2D eigenvalue weighted by molar-refractivity contribution is 5.52. The molecule has 0 N–H and O–H groups in total. The zero-order chi connectivity index (χ0) is 8.81. The molecule has 12 heavy (non-hydrogen) atoms. The molecule has 0 radical (unpaired) electrons. The molecular formula is C10H10N2. The van der Waals surface area contributed by atoms with Crippen molar-refractivity contribution >= 4 is 6.08 Å². The minimum atomic E-state index is 0.460. The molecule has 0 atom stereocenters. The molecule has 1 aromatic heterocycles. The predicted molar refractivity (Wildman–Crippen MR) is 48.2 cm³/mol. The zero-order valence-corrected chi connectivity index (χ0v) is 6.99. The van der Waals surface area contributed by atoms with Crippen LogP contribution in [0.15, 0.2) is 24.5 Å². The monoisotopic (exact) mass is 158 g/mol. The van der Waals surface area contributed by atoms with Gasteiger partial charge in [0.1, 0.15) is 0 Å². The Labute approximate surface area is 72.2 Å². The first-order chi connectivity index (χ1) is 5.84. The molecule has 2 heteroatoms. The predicted octanol–water partition coefficient (Wildman–Crippen LogP) is 2.32. The summed E-state index contributed by atoms with van der Waals surface area (Å²) in [5, 5.41) is 8.30. The van der Waals surface area contributed by atoms with Gasteiger partial charge in [0.25, 0.3) is 0 Å². The van der Waals surface area contributed by atoms with Crippen LogP contribution in [-0.4, -0.2) is 4.98 Å². The van der Waals surface area contributed by atoms with E-state index in [1.54, 1.807) is 6.20 Å². The van der Waals surface area contributed by atoms with E-state index in [0.29, 0.717) is 6.42 Å².